The van der Waals surface area contributed by atoms with Crippen molar-refractivity contribution in [2.45, 2.75) is 40.7 Å². The molecule has 1 atom stereocenters. The summed E-state index contributed by atoms with van der Waals surface area (Å²) in [4.78, 5) is 24.4. The van der Waals surface area contributed by atoms with E-state index in [1.807, 2.05) is 52.0 Å². The van der Waals surface area contributed by atoms with Gasteiger partial charge in [0.2, 0.25) is 17.8 Å². The molecule has 156 valence electrons. The minimum Gasteiger partial charge on any atom is -0.480 e. The molecular formula is C22H26N6O2. The lowest BCUT2D eigenvalue weighted by atomic mass is 10.1. The van der Waals surface area contributed by atoms with Gasteiger partial charge in [-0.2, -0.15) is 15.0 Å². The fraction of sp³-hybridized carbons (Fsp3) is 0.273. The number of benzene rings is 2. The molecule has 8 nitrogen and oxygen atoms in total. The third-order valence-corrected chi connectivity index (χ3v) is 4.31. The summed E-state index contributed by atoms with van der Waals surface area (Å²) in [5, 5.41) is 18.4. The summed E-state index contributed by atoms with van der Waals surface area (Å²) >= 11 is 0. The fourth-order valence-electron chi connectivity index (χ4n) is 3.16. The highest BCUT2D eigenvalue weighted by molar-refractivity contribution is 5.76. The molecule has 3 rings (SSSR count). The lowest BCUT2D eigenvalue weighted by Crippen LogP contribution is -2.26. The standard InChI is InChI=1S/C22H26N6O2/c1-12-6-13(2)9-17(8-12)24-21-26-20(23-16(5)19(29)30)27-22(28-21)25-18-10-14(3)7-15(4)11-18/h6-11,16H,1-5H3,(H,29,30)(H3,23,24,25,26,27,28). The average Bonchev–Trinajstić information content (AvgIpc) is 2.59. The number of carbonyl (C=O) groups is 1. The number of rotatable bonds is 7. The minimum absolute atomic E-state index is 0.165. The van der Waals surface area contributed by atoms with Crippen LogP contribution in [0.2, 0.25) is 0 Å². The molecular weight excluding hydrogens is 380 g/mol. The van der Waals surface area contributed by atoms with Crippen LogP contribution in [0.4, 0.5) is 29.2 Å². The van der Waals surface area contributed by atoms with Gasteiger partial charge in [0, 0.05) is 11.4 Å². The number of hydrogen-bond donors (Lipinski definition) is 4. The van der Waals surface area contributed by atoms with Crippen LogP contribution in [0, 0.1) is 27.7 Å². The summed E-state index contributed by atoms with van der Waals surface area (Å²) in [6.45, 7) is 9.58. The zero-order valence-corrected chi connectivity index (χ0v) is 17.7. The first-order valence-corrected chi connectivity index (χ1v) is 9.64. The summed E-state index contributed by atoms with van der Waals surface area (Å²) < 4.78 is 0. The molecule has 0 saturated heterocycles. The second kappa shape index (κ2) is 8.77. The van der Waals surface area contributed by atoms with E-state index in [-0.39, 0.29) is 5.95 Å². The number of aromatic nitrogens is 3. The highest BCUT2D eigenvalue weighted by Crippen LogP contribution is 2.22. The molecule has 0 aliphatic heterocycles. The molecule has 30 heavy (non-hydrogen) atoms. The van der Waals surface area contributed by atoms with Crippen LogP contribution in [-0.4, -0.2) is 32.1 Å². The number of anilines is 5. The van der Waals surface area contributed by atoms with Crippen LogP contribution in [0.1, 0.15) is 29.2 Å². The molecule has 0 spiro atoms. The van der Waals surface area contributed by atoms with Crippen LogP contribution >= 0.6 is 0 Å². The van der Waals surface area contributed by atoms with Crippen molar-refractivity contribution in [3.8, 4) is 0 Å². The van der Waals surface area contributed by atoms with Gasteiger partial charge >= 0.3 is 5.97 Å². The summed E-state index contributed by atoms with van der Waals surface area (Å²) in [6, 6.07) is 11.2. The van der Waals surface area contributed by atoms with Gasteiger partial charge in [-0.25, -0.2) is 0 Å². The van der Waals surface area contributed by atoms with Gasteiger partial charge < -0.3 is 21.1 Å². The molecule has 2 aromatic carbocycles. The van der Waals surface area contributed by atoms with Crippen molar-refractivity contribution < 1.29 is 9.90 Å². The van der Waals surface area contributed by atoms with E-state index >= 15 is 0 Å². The van der Waals surface area contributed by atoms with Gasteiger partial charge in [0.1, 0.15) is 6.04 Å². The van der Waals surface area contributed by atoms with E-state index in [0.29, 0.717) is 11.9 Å². The molecule has 1 aromatic heterocycles. The Morgan fingerprint density at radius 2 is 1.10 bits per heavy atom. The van der Waals surface area contributed by atoms with Gasteiger partial charge in [-0.15, -0.1) is 0 Å². The van der Waals surface area contributed by atoms with Crippen LogP contribution in [0.5, 0.6) is 0 Å². The molecule has 0 saturated carbocycles. The summed E-state index contributed by atoms with van der Waals surface area (Å²) in [6.07, 6.45) is 0. The van der Waals surface area contributed by atoms with Gasteiger partial charge in [0.05, 0.1) is 0 Å². The Bertz CT molecular complexity index is 971. The van der Waals surface area contributed by atoms with E-state index in [4.69, 9.17) is 0 Å². The van der Waals surface area contributed by atoms with Gasteiger partial charge in [-0.3, -0.25) is 4.79 Å². The van der Waals surface area contributed by atoms with Crippen molar-refractivity contribution in [3.63, 3.8) is 0 Å². The van der Waals surface area contributed by atoms with Crippen molar-refractivity contribution in [2.75, 3.05) is 16.0 Å². The van der Waals surface area contributed by atoms with Crippen LogP contribution in [0.15, 0.2) is 36.4 Å². The van der Waals surface area contributed by atoms with E-state index in [9.17, 15) is 9.90 Å². The highest BCUT2D eigenvalue weighted by atomic mass is 16.4. The smallest absolute Gasteiger partial charge is 0.325 e. The SMILES string of the molecule is Cc1cc(C)cc(Nc2nc(Nc3cc(C)cc(C)c3)nc(NC(C)C(=O)O)n2)c1. The Morgan fingerprint density at radius 3 is 1.47 bits per heavy atom. The van der Waals surface area contributed by atoms with Crippen LogP contribution in [0.3, 0.4) is 0 Å². The number of aryl methyl sites for hydroxylation is 4. The first kappa shape index (κ1) is 21.0. The number of hydrogen-bond acceptors (Lipinski definition) is 7. The third kappa shape index (κ3) is 5.66. The van der Waals surface area contributed by atoms with E-state index in [2.05, 4.69) is 43.0 Å². The molecule has 0 radical (unpaired) electrons. The molecule has 3 aromatic rings. The maximum Gasteiger partial charge on any atom is 0.325 e. The Hall–Kier alpha value is -3.68. The summed E-state index contributed by atoms with van der Waals surface area (Å²) in [7, 11) is 0. The third-order valence-electron chi connectivity index (χ3n) is 4.31. The first-order valence-electron chi connectivity index (χ1n) is 9.64. The lowest BCUT2D eigenvalue weighted by molar-refractivity contribution is -0.137. The van der Waals surface area contributed by atoms with Gasteiger partial charge in [0.15, 0.2) is 0 Å². The Balaban J connectivity index is 1.95. The van der Waals surface area contributed by atoms with Crippen LogP contribution in [0.25, 0.3) is 0 Å². The van der Waals surface area contributed by atoms with E-state index < -0.39 is 12.0 Å². The largest absolute Gasteiger partial charge is 0.480 e. The Morgan fingerprint density at radius 1 is 0.733 bits per heavy atom. The molecule has 8 heteroatoms. The van der Waals surface area contributed by atoms with Gasteiger partial charge in [0.25, 0.3) is 0 Å². The van der Waals surface area contributed by atoms with Crippen molar-refractivity contribution >= 4 is 35.2 Å². The molecule has 1 heterocycles. The average molecular weight is 406 g/mol. The summed E-state index contributed by atoms with van der Waals surface area (Å²) in [5.41, 5.74) is 6.12. The monoisotopic (exact) mass is 406 g/mol. The minimum atomic E-state index is -0.997. The van der Waals surface area contributed by atoms with Crippen LogP contribution in [-0.2, 0) is 4.79 Å². The molecule has 0 amide bonds. The highest BCUT2D eigenvalue weighted by Gasteiger charge is 2.15. The van der Waals surface area contributed by atoms with Crippen molar-refractivity contribution in [1.82, 2.24) is 15.0 Å². The summed E-state index contributed by atoms with van der Waals surface area (Å²) in [5.74, 6) is -0.217. The Labute approximate surface area is 175 Å². The van der Waals surface area contributed by atoms with E-state index in [1.165, 1.54) is 6.92 Å². The van der Waals surface area contributed by atoms with Crippen molar-refractivity contribution in [1.29, 1.82) is 0 Å². The molecule has 0 bridgehead atoms. The molecule has 0 aliphatic rings. The van der Waals surface area contributed by atoms with Crippen LogP contribution < -0.4 is 16.0 Å². The number of carboxylic acid groups (broad SMARTS) is 1. The lowest BCUT2D eigenvalue weighted by Gasteiger charge is -2.14. The van der Waals surface area contributed by atoms with Crippen molar-refractivity contribution in [2.24, 2.45) is 0 Å². The maximum absolute atomic E-state index is 11.2. The number of nitrogens with zero attached hydrogens (tertiary/aromatic N) is 3. The molecule has 4 N–H and O–H groups in total. The first-order chi connectivity index (χ1) is 14.2. The van der Waals surface area contributed by atoms with E-state index in [0.717, 1.165) is 33.6 Å². The van der Waals surface area contributed by atoms with Crippen molar-refractivity contribution in [3.05, 3.63) is 58.7 Å². The fourth-order valence-corrected chi connectivity index (χ4v) is 3.16. The Kier molecular flexibility index (Phi) is 6.15. The normalized spacial score (nSPS) is 11.6. The van der Waals surface area contributed by atoms with Gasteiger partial charge in [-0.1, -0.05) is 12.1 Å². The second-order valence-electron chi connectivity index (χ2n) is 7.51. The molecule has 0 aliphatic carbocycles. The predicted molar refractivity (Wildman–Crippen MR) is 119 cm³/mol. The van der Waals surface area contributed by atoms with E-state index in [1.54, 1.807) is 0 Å². The molecule has 0 fully saturated rings. The van der Waals surface area contributed by atoms with Gasteiger partial charge in [-0.05, 0) is 81.1 Å². The topological polar surface area (TPSA) is 112 Å². The number of carboxylic acids is 1. The predicted octanol–water partition coefficient (Wildman–Crippen LogP) is 4.48. The zero-order chi connectivity index (χ0) is 21.8. The maximum atomic E-state index is 11.2. The second-order valence-corrected chi connectivity index (χ2v) is 7.51. The number of nitrogens with one attached hydrogen (secondary N) is 3. The molecule has 1 unspecified atom stereocenters. The quantitative estimate of drug-likeness (QED) is 0.454. The zero-order valence-electron chi connectivity index (χ0n) is 17.7. The number of aliphatic carboxylic acids is 1.